The Balaban J connectivity index is 1.89. The van der Waals surface area contributed by atoms with E-state index in [2.05, 4.69) is 17.5 Å². The smallest absolute Gasteiger partial charge is 0.277 e. The Morgan fingerprint density at radius 3 is 2.33 bits per heavy atom. The second kappa shape index (κ2) is 9.35. The van der Waals surface area contributed by atoms with Crippen molar-refractivity contribution in [1.29, 1.82) is 0 Å². The second-order valence-electron chi connectivity index (χ2n) is 5.17. The van der Waals surface area contributed by atoms with Gasteiger partial charge in [-0.15, -0.1) is 0 Å². The predicted octanol–water partition coefficient (Wildman–Crippen LogP) is 3.39. The van der Waals surface area contributed by atoms with E-state index < -0.39 is 0 Å². The van der Waals surface area contributed by atoms with Gasteiger partial charge in [-0.05, 0) is 36.2 Å². The predicted molar refractivity (Wildman–Crippen MR) is 94.5 cm³/mol. The molecule has 2 aromatic carbocycles. The molecule has 0 aromatic heterocycles. The lowest BCUT2D eigenvalue weighted by Gasteiger charge is -2.08. The van der Waals surface area contributed by atoms with Crippen molar-refractivity contribution in [2.45, 2.75) is 19.8 Å². The summed E-state index contributed by atoms with van der Waals surface area (Å²) >= 11 is 0. The summed E-state index contributed by atoms with van der Waals surface area (Å²) in [6, 6.07) is 16.9. The Hall–Kier alpha value is -2.82. The normalized spacial score (nSPS) is 11.0. The third-order valence-electron chi connectivity index (χ3n) is 3.34. The molecule has 0 spiro atoms. The zero-order valence-electron chi connectivity index (χ0n) is 14.0. The lowest BCUT2D eigenvalue weighted by Crippen LogP contribution is -2.26. The number of ether oxygens (including phenoxy) is 2. The number of benzene rings is 2. The topological polar surface area (TPSA) is 59.9 Å². The number of carbonyl (C=O) groups excluding carboxylic acids is 1. The highest BCUT2D eigenvalue weighted by Gasteiger charge is 2.05. The van der Waals surface area contributed by atoms with Gasteiger partial charge < -0.3 is 9.47 Å². The minimum Gasteiger partial charge on any atom is -0.497 e. The average Bonchev–Trinajstić information content (AvgIpc) is 2.64. The first-order chi connectivity index (χ1) is 11.7. The first kappa shape index (κ1) is 17.5. The van der Waals surface area contributed by atoms with Crippen molar-refractivity contribution in [2.75, 3.05) is 13.7 Å². The minimum absolute atomic E-state index is 0.0932. The van der Waals surface area contributed by atoms with E-state index in [1.165, 1.54) is 0 Å². The third kappa shape index (κ3) is 5.43. The fourth-order valence-electron chi connectivity index (χ4n) is 2.12. The maximum absolute atomic E-state index is 11.9. The van der Waals surface area contributed by atoms with Crippen molar-refractivity contribution in [3.8, 4) is 11.5 Å². The lowest BCUT2D eigenvalue weighted by molar-refractivity contribution is -0.123. The maximum atomic E-state index is 11.9. The van der Waals surface area contributed by atoms with Crippen molar-refractivity contribution >= 4 is 11.6 Å². The molecule has 5 heteroatoms. The first-order valence-electron chi connectivity index (χ1n) is 7.90. The van der Waals surface area contributed by atoms with Crippen LogP contribution in [0.15, 0.2) is 59.7 Å². The molecule has 0 aliphatic heterocycles. The van der Waals surface area contributed by atoms with Crippen molar-refractivity contribution in [1.82, 2.24) is 5.43 Å². The molecule has 126 valence electrons. The summed E-state index contributed by atoms with van der Waals surface area (Å²) in [6.45, 7) is 1.98. The van der Waals surface area contributed by atoms with Crippen LogP contribution >= 0.6 is 0 Å². The van der Waals surface area contributed by atoms with Crippen molar-refractivity contribution in [3.05, 3.63) is 60.2 Å². The van der Waals surface area contributed by atoms with E-state index in [0.29, 0.717) is 5.75 Å². The van der Waals surface area contributed by atoms with E-state index >= 15 is 0 Å². The Bertz CT molecular complexity index is 667. The summed E-state index contributed by atoms with van der Waals surface area (Å²) in [5.41, 5.74) is 4.43. The van der Waals surface area contributed by atoms with Gasteiger partial charge in [-0.2, -0.15) is 5.10 Å². The molecule has 0 unspecified atom stereocenters. The number of nitrogens with one attached hydrogen (secondary N) is 1. The van der Waals surface area contributed by atoms with Gasteiger partial charge in [0.05, 0.1) is 12.8 Å². The second-order valence-corrected chi connectivity index (χ2v) is 5.17. The van der Waals surface area contributed by atoms with Crippen molar-refractivity contribution in [2.24, 2.45) is 5.10 Å². The van der Waals surface area contributed by atoms with E-state index in [4.69, 9.17) is 9.47 Å². The number of methoxy groups -OCH3 is 1. The molecule has 1 amide bonds. The largest absolute Gasteiger partial charge is 0.497 e. The Kier molecular flexibility index (Phi) is 6.83. The summed E-state index contributed by atoms with van der Waals surface area (Å²) in [4.78, 5) is 11.9. The molecular weight excluding hydrogens is 304 g/mol. The number of amides is 1. The summed E-state index contributed by atoms with van der Waals surface area (Å²) in [7, 11) is 1.60. The van der Waals surface area contributed by atoms with Gasteiger partial charge in [-0.25, -0.2) is 5.43 Å². The number of rotatable bonds is 8. The number of hydrogen-bond donors (Lipinski definition) is 1. The minimum atomic E-state index is -0.296. The fourth-order valence-corrected chi connectivity index (χ4v) is 2.12. The fraction of sp³-hybridized carbons (Fsp3) is 0.263. The zero-order valence-corrected chi connectivity index (χ0v) is 14.0. The third-order valence-corrected chi connectivity index (χ3v) is 3.34. The standard InChI is InChI=1S/C19H22N2O3/c1-3-7-18(15-8-5-4-6-9-15)20-21-19(22)14-24-17-12-10-16(23-2)11-13-17/h4-6,8-13H,3,7,14H2,1-2H3,(H,21,22)/b20-18-. The van der Waals surface area contributed by atoms with Crippen LogP contribution in [0.5, 0.6) is 11.5 Å². The molecule has 0 saturated carbocycles. The molecule has 2 aromatic rings. The van der Waals surface area contributed by atoms with Gasteiger partial charge in [0.1, 0.15) is 11.5 Å². The van der Waals surface area contributed by atoms with Crippen LogP contribution in [-0.4, -0.2) is 25.3 Å². The van der Waals surface area contributed by atoms with Gasteiger partial charge in [-0.1, -0.05) is 43.7 Å². The van der Waals surface area contributed by atoms with Crippen molar-refractivity contribution < 1.29 is 14.3 Å². The number of hydrogen-bond acceptors (Lipinski definition) is 4. The molecule has 0 aliphatic rings. The van der Waals surface area contributed by atoms with E-state index in [1.54, 1.807) is 31.4 Å². The Morgan fingerprint density at radius 1 is 1.04 bits per heavy atom. The molecule has 0 aliphatic carbocycles. The van der Waals surface area contributed by atoms with Gasteiger partial charge in [0.25, 0.3) is 5.91 Å². The maximum Gasteiger partial charge on any atom is 0.277 e. The van der Waals surface area contributed by atoms with Crippen LogP contribution in [0.1, 0.15) is 25.3 Å². The number of hydrazone groups is 1. The molecule has 24 heavy (non-hydrogen) atoms. The lowest BCUT2D eigenvalue weighted by atomic mass is 10.1. The molecule has 2 rings (SSSR count). The van der Waals surface area contributed by atoms with Crippen LogP contribution < -0.4 is 14.9 Å². The molecule has 0 atom stereocenters. The first-order valence-corrected chi connectivity index (χ1v) is 7.90. The van der Waals surface area contributed by atoms with Gasteiger partial charge >= 0.3 is 0 Å². The van der Waals surface area contributed by atoms with E-state index in [-0.39, 0.29) is 12.5 Å². The SMILES string of the molecule is CCC/C(=N/NC(=O)COc1ccc(OC)cc1)c1ccccc1. The van der Waals surface area contributed by atoms with Gasteiger partial charge in [0, 0.05) is 0 Å². The van der Waals surface area contributed by atoms with Gasteiger partial charge in [0.15, 0.2) is 6.61 Å². The molecule has 0 heterocycles. The molecule has 0 saturated heterocycles. The summed E-state index contributed by atoms with van der Waals surface area (Å²) in [5, 5.41) is 4.24. The van der Waals surface area contributed by atoms with Gasteiger partial charge in [0.2, 0.25) is 0 Å². The highest BCUT2D eigenvalue weighted by molar-refractivity contribution is 6.01. The molecule has 0 bridgehead atoms. The van der Waals surface area contributed by atoms with E-state index in [1.807, 2.05) is 30.3 Å². The molecule has 0 radical (unpaired) electrons. The molecule has 5 nitrogen and oxygen atoms in total. The van der Waals surface area contributed by atoms with Crippen LogP contribution in [0, 0.1) is 0 Å². The summed E-state index contributed by atoms with van der Waals surface area (Å²) in [6.07, 6.45) is 1.75. The molecule has 1 N–H and O–H groups in total. The Labute approximate surface area is 142 Å². The average molecular weight is 326 g/mol. The van der Waals surface area contributed by atoms with E-state index in [0.717, 1.165) is 29.9 Å². The monoisotopic (exact) mass is 326 g/mol. The zero-order chi connectivity index (χ0) is 17.2. The highest BCUT2D eigenvalue weighted by atomic mass is 16.5. The number of nitrogens with zero attached hydrogens (tertiary/aromatic N) is 1. The van der Waals surface area contributed by atoms with Crippen LogP contribution in [0.4, 0.5) is 0 Å². The highest BCUT2D eigenvalue weighted by Crippen LogP contribution is 2.16. The van der Waals surface area contributed by atoms with Crippen LogP contribution in [0.25, 0.3) is 0 Å². The summed E-state index contributed by atoms with van der Waals surface area (Å²) < 4.78 is 10.5. The summed E-state index contributed by atoms with van der Waals surface area (Å²) in [5.74, 6) is 1.05. The van der Waals surface area contributed by atoms with E-state index in [9.17, 15) is 4.79 Å². The number of carbonyl (C=O) groups is 1. The van der Waals surface area contributed by atoms with Crippen LogP contribution in [-0.2, 0) is 4.79 Å². The van der Waals surface area contributed by atoms with Crippen molar-refractivity contribution in [3.63, 3.8) is 0 Å². The molecular formula is C19H22N2O3. The quantitative estimate of drug-likeness (QED) is 0.597. The van der Waals surface area contributed by atoms with Gasteiger partial charge in [-0.3, -0.25) is 4.79 Å². The van der Waals surface area contributed by atoms with Crippen LogP contribution in [0.3, 0.4) is 0 Å². The molecule has 0 fully saturated rings. The Morgan fingerprint density at radius 2 is 1.71 bits per heavy atom. The van der Waals surface area contributed by atoms with Crippen LogP contribution in [0.2, 0.25) is 0 Å².